The lowest BCUT2D eigenvalue weighted by atomic mass is 10.2. The van der Waals surface area contributed by atoms with Crippen molar-refractivity contribution in [3.05, 3.63) is 28.8 Å². The molecule has 0 saturated carbocycles. The molecule has 1 aromatic carbocycles. The molecular formula is C14H16ClNO4S. The maximum atomic E-state index is 11.7. The summed E-state index contributed by atoms with van der Waals surface area (Å²) in [4.78, 5) is 25.1. The van der Waals surface area contributed by atoms with Gasteiger partial charge >= 0.3 is 5.97 Å². The third-order valence-corrected chi connectivity index (χ3v) is 3.78. The number of rotatable bonds is 4. The summed E-state index contributed by atoms with van der Waals surface area (Å²) >= 11 is 6.86. The normalized spacial score (nSPS) is 11.0. The fourth-order valence-electron chi connectivity index (χ4n) is 1.35. The van der Waals surface area contributed by atoms with Crippen molar-refractivity contribution < 1.29 is 19.1 Å². The average Bonchev–Trinajstić information content (AvgIpc) is 2.47. The molecule has 7 heteroatoms. The van der Waals surface area contributed by atoms with Crippen LogP contribution in [0.5, 0.6) is 5.75 Å². The number of amides is 1. The van der Waals surface area contributed by atoms with E-state index in [1.807, 2.05) is 0 Å². The molecule has 0 unspecified atom stereocenters. The molecule has 0 spiro atoms. The molecule has 1 rings (SSSR count). The number of nitrogens with zero attached hydrogens (tertiary/aromatic N) is 1. The number of hydrogen-bond donors (Lipinski definition) is 0. The zero-order chi connectivity index (χ0) is 16.0. The predicted molar refractivity (Wildman–Crippen MR) is 83.8 cm³/mol. The lowest BCUT2D eigenvalue weighted by Crippen LogP contribution is -2.16. The molecule has 0 saturated heterocycles. The Balaban J connectivity index is 3.04. The van der Waals surface area contributed by atoms with Gasteiger partial charge in [-0.05, 0) is 35.5 Å². The number of benzene rings is 1. The minimum absolute atomic E-state index is 0.0377. The van der Waals surface area contributed by atoms with Crippen molar-refractivity contribution in [3.8, 4) is 5.75 Å². The second-order valence-corrected chi connectivity index (χ2v) is 5.56. The van der Waals surface area contributed by atoms with Crippen molar-refractivity contribution in [1.29, 1.82) is 0 Å². The summed E-state index contributed by atoms with van der Waals surface area (Å²) in [5, 5.41) is -0.145. The standard InChI is InChI=1S/C14H16ClNO4S/c1-16(2)14(18)21-12-6-5-9(8-11(12)19-3)7-10(15)13(17)20-4/h5-8H,1-4H3/b10-7-. The zero-order valence-corrected chi connectivity index (χ0v) is 13.7. The van der Waals surface area contributed by atoms with Gasteiger partial charge in [-0.3, -0.25) is 4.79 Å². The molecule has 21 heavy (non-hydrogen) atoms. The molecule has 0 aromatic heterocycles. The van der Waals surface area contributed by atoms with E-state index in [0.717, 1.165) is 11.8 Å². The largest absolute Gasteiger partial charge is 0.496 e. The molecule has 1 amide bonds. The summed E-state index contributed by atoms with van der Waals surface area (Å²) < 4.78 is 9.77. The second-order valence-electron chi connectivity index (χ2n) is 4.16. The van der Waals surface area contributed by atoms with Crippen LogP contribution in [0.25, 0.3) is 6.08 Å². The van der Waals surface area contributed by atoms with Crippen molar-refractivity contribution in [2.75, 3.05) is 28.3 Å². The van der Waals surface area contributed by atoms with Crippen LogP contribution >= 0.6 is 23.4 Å². The molecule has 0 aliphatic carbocycles. The Hall–Kier alpha value is -1.66. The van der Waals surface area contributed by atoms with E-state index in [2.05, 4.69) is 4.74 Å². The highest BCUT2D eigenvalue weighted by Crippen LogP contribution is 2.32. The summed E-state index contributed by atoms with van der Waals surface area (Å²) in [6, 6.07) is 5.16. The first-order valence-corrected chi connectivity index (χ1v) is 7.11. The van der Waals surface area contributed by atoms with Crippen LogP contribution in [0.15, 0.2) is 28.1 Å². The third kappa shape index (κ3) is 4.99. The minimum Gasteiger partial charge on any atom is -0.496 e. The molecule has 0 N–H and O–H groups in total. The van der Waals surface area contributed by atoms with Gasteiger partial charge in [0.15, 0.2) is 0 Å². The van der Waals surface area contributed by atoms with Gasteiger partial charge in [0.1, 0.15) is 10.8 Å². The molecular weight excluding hydrogens is 314 g/mol. The Labute approximate surface area is 132 Å². The van der Waals surface area contributed by atoms with Gasteiger partial charge in [-0.2, -0.15) is 0 Å². The van der Waals surface area contributed by atoms with E-state index in [4.69, 9.17) is 16.3 Å². The van der Waals surface area contributed by atoms with E-state index >= 15 is 0 Å². The van der Waals surface area contributed by atoms with Gasteiger partial charge < -0.3 is 14.4 Å². The number of ether oxygens (including phenoxy) is 2. The molecule has 0 aliphatic heterocycles. The van der Waals surface area contributed by atoms with Crippen LogP contribution in [0.4, 0.5) is 4.79 Å². The summed E-state index contributed by atoms with van der Waals surface area (Å²) in [5.74, 6) is -0.0878. The fourth-order valence-corrected chi connectivity index (χ4v) is 2.30. The Bertz CT molecular complexity index is 572. The molecule has 1 aromatic rings. The Morgan fingerprint density at radius 1 is 1.29 bits per heavy atom. The maximum Gasteiger partial charge on any atom is 0.349 e. The van der Waals surface area contributed by atoms with Gasteiger partial charge in [-0.25, -0.2) is 4.79 Å². The fraction of sp³-hybridized carbons (Fsp3) is 0.286. The van der Waals surface area contributed by atoms with Crippen molar-refractivity contribution in [2.45, 2.75) is 4.90 Å². The van der Waals surface area contributed by atoms with Gasteiger partial charge in [0, 0.05) is 14.1 Å². The highest BCUT2D eigenvalue weighted by Gasteiger charge is 2.12. The third-order valence-electron chi connectivity index (χ3n) is 2.42. The van der Waals surface area contributed by atoms with Crippen LogP contribution in [-0.4, -0.2) is 44.4 Å². The number of carbonyl (C=O) groups excluding carboxylic acids is 2. The van der Waals surface area contributed by atoms with Gasteiger partial charge in [-0.15, -0.1) is 0 Å². The average molecular weight is 330 g/mol. The summed E-state index contributed by atoms with van der Waals surface area (Å²) in [7, 11) is 6.12. The number of esters is 1. The van der Waals surface area contributed by atoms with Crippen LogP contribution in [0.2, 0.25) is 0 Å². The van der Waals surface area contributed by atoms with E-state index in [9.17, 15) is 9.59 Å². The molecule has 0 bridgehead atoms. The van der Waals surface area contributed by atoms with E-state index in [-0.39, 0.29) is 10.3 Å². The molecule has 0 fully saturated rings. The highest BCUT2D eigenvalue weighted by atomic mass is 35.5. The van der Waals surface area contributed by atoms with Gasteiger partial charge in [-0.1, -0.05) is 17.7 Å². The summed E-state index contributed by atoms with van der Waals surface area (Å²) in [6.07, 6.45) is 1.47. The molecule has 0 atom stereocenters. The summed E-state index contributed by atoms with van der Waals surface area (Å²) in [5.41, 5.74) is 0.670. The zero-order valence-electron chi connectivity index (χ0n) is 12.2. The molecule has 0 radical (unpaired) electrons. The lowest BCUT2D eigenvalue weighted by molar-refractivity contribution is -0.135. The number of methoxy groups -OCH3 is 2. The Kier molecular flexibility index (Phi) is 6.58. The van der Waals surface area contributed by atoms with E-state index in [0.29, 0.717) is 16.2 Å². The highest BCUT2D eigenvalue weighted by molar-refractivity contribution is 8.13. The quantitative estimate of drug-likeness (QED) is 0.482. The Morgan fingerprint density at radius 3 is 2.48 bits per heavy atom. The van der Waals surface area contributed by atoms with Crippen molar-refractivity contribution >= 4 is 40.6 Å². The number of carbonyl (C=O) groups is 2. The van der Waals surface area contributed by atoms with Crippen molar-refractivity contribution in [3.63, 3.8) is 0 Å². The van der Waals surface area contributed by atoms with E-state index in [1.54, 1.807) is 32.3 Å². The monoisotopic (exact) mass is 329 g/mol. The van der Waals surface area contributed by atoms with Gasteiger partial charge in [0.25, 0.3) is 5.24 Å². The lowest BCUT2D eigenvalue weighted by Gasteiger charge is -2.12. The predicted octanol–water partition coefficient (Wildman–Crippen LogP) is 3.22. The SMILES string of the molecule is COC(=O)/C(Cl)=C/c1ccc(SC(=O)N(C)C)c(OC)c1. The van der Waals surface area contributed by atoms with Crippen LogP contribution in [-0.2, 0) is 9.53 Å². The van der Waals surface area contributed by atoms with Crippen LogP contribution < -0.4 is 4.74 Å². The van der Waals surface area contributed by atoms with Gasteiger partial charge in [0.05, 0.1) is 19.1 Å². The van der Waals surface area contributed by atoms with E-state index in [1.165, 1.54) is 25.2 Å². The van der Waals surface area contributed by atoms with E-state index < -0.39 is 5.97 Å². The first-order valence-electron chi connectivity index (χ1n) is 5.91. The molecule has 5 nitrogen and oxygen atoms in total. The first-order chi connectivity index (χ1) is 9.88. The molecule has 0 aliphatic rings. The molecule has 114 valence electrons. The van der Waals surface area contributed by atoms with Crippen molar-refractivity contribution in [1.82, 2.24) is 4.90 Å². The number of halogens is 1. The topological polar surface area (TPSA) is 55.8 Å². The second kappa shape index (κ2) is 7.95. The number of thioether (sulfide) groups is 1. The maximum absolute atomic E-state index is 11.7. The molecule has 0 heterocycles. The first kappa shape index (κ1) is 17.4. The van der Waals surface area contributed by atoms with Crippen LogP contribution in [0.1, 0.15) is 5.56 Å². The van der Waals surface area contributed by atoms with Gasteiger partial charge in [0.2, 0.25) is 0 Å². The minimum atomic E-state index is -0.614. The van der Waals surface area contributed by atoms with Crippen molar-refractivity contribution in [2.24, 2.45) is 0 Å². The smallest absolute Gasteiger partial charge is 0.349 e. The van der Waals surface area contributed by atoms with Crippen LogP contribution in [0.3, 0.4) is 0 Å². The number of hydrogen-bond acceptors (Lipinski definition) is 5. The van der Waals surface area contributed by atoms with Crippen LogP contribution in [0, 0.1) is 0 Å². The Morgan fingerprint density at radius 2 is 1.95 bits per heavy atom. The summed E-state index contributed by atoms with van der Waals surface area (Å²) in [6.45, 7) is 0.